The number of hydrogen-bond acceptors (Lipinski definition) is 2. The largest absolute Gasteiger partial charge is 0.465 e. The van der Waals surface area contributed by atoms with E-state index in [1.807, 2.05) is 54.6 Å². The zero-order valence-corrected chi connectivity index (χ0v) is 18.8. The van der Waals surface area contributed by atoms with Gasteiger partial charge in [-0.25, -0.2) is 4.79 Å². The Balaban J connectivity index is 1.79. The molecule has 0 aromatic heterocycles. The van der Waals surface area contributed by atoms with E-state index in [4.69, 9.17) is 4.74 Å². The number of esters is 1. The van der Waals surface area contributed by atoms with Crippen LogP contribution in [0, 0.1) is 0 Å². The lowest BCUT2D eigenvalue weighted by molar-refractivity contribution is -0.133. The number of benzene rings is 6. The minimum atomic E-state index is -0.349. The smallest absolute Gasteiger partial charge is 0.338 e. The van der Waals surface area contributed by atoms with E-state index in [9.17, 15) is 4.79 Å². The van der Waals surface area contributed by atoms with Crippen molar-refractivity contribution in [2.45, 2.75) is 0 Å². The molecule has 0 saturated heterocycles. The zero-order valence-electron chi connectivity index (χ0n) is 18.8. The summed E-state index contributed by atoms with van der Waals surface area (Å²) >= 11 is 0. The zero-order chi connectivity index (χ0) is 23.1. The van der Waals surface area contributed by atoms with Crippen molar-refractivity contribution in [1.29, 1.82) is 0 Å². The van der Waals surface area contributed by atoms with E-state index in [0.717, 1.165) is 54.2 Å². The highest BCUT2D eigenvalue weighted by Gasteiger charge is 2.20. The quantitative estimate of drug-likeness (QED) is 0.121. The fourth-order valence-corrected chi connectivity index (χ4v) is 5.00. The molecule has 6 aromatic carbocycles. The van der Waals surface area contributed by atoms with Gasteiger partial charge in [-0.05, 0) is 66.9 Å². The van der Waals surface area contributed by atoms with Gasteiger partial charge in [-0.1, -0.05) is 97.1 Å². The van der Waals surface area contributed by atoms with E-state index in [-0.39, 0.29) is 5.97 Å². The molecule has 6 aromatic rings. The third-order valence-electron chi connectivity index (χ3n) is 6.55. The molecular formula is C32H22O2. The Morgan fingerprint density at radius 2 is 0.971 bits per heavy atom. The summed E-state index contributed by atoms with van der Waals surface area (Å²) in [5, 5.41) is 8.73. The predicted octanol–water partition coefficient (Wildman–Crippen LogP) is 8.01. The fraction of sp³-hybridized carbons (Fsp3) is 0.0312. The molecule has 0 aliphatic carbocycles. The first-order valence-corrected chi connectivity index (χ1v) is 11.4. The monoisotopic (exact) mass is 438 g/mol. The molecule has 0 radical (unpaired) electrons. The van der Waals surface area contributed by atoms with Crippen LogP contribution in [0.4, 0.5) is 0 Å². The van der Waals surface area contributed by atoms with Crippen molar-refractivity contribution < 1.29 is 9.53 Å². The van der Waals surface area contributed by atoms with Crippen molar-refractivity contribution >= 4 is 60.7 Å². The Morgan fingerprint density at radius 3 is 1.41 bits per heavy atom. The van der Waals surface area contributed by atoms with Gasteiger partial charge in [0, 0.05) is 5.56 Å². The van der Waals surface area contributed by atoms with Gasteiger partial charge < -0.3 is 4.74 Å². The van der Waals surface area contributed by atoms with Gasteiger partial charge in [0.2, 0.25) is 0 Å². The summed E-state index contributed by atoms with van der Waals surface area (Å²) in [6, 6.07) is 37.4. The highest BCUT2D eigenvalue weighted by Crippen LogP contribution is 2.37. The van der Waals surface area contributed by atoms with E-state index in [1.165, 1.54) is 7.11 Å². The van der Waals surface area contributed by atoms with Crippen molar-refractivity contribution in [3.05, 3.63) is 120 Å². The van der Waals surface area contributed by atoms with Crippen LogP contribution in [-0.4, -0.2) is 13.1 Å². The first kappa shape index (κ1) is 20.2. The van der Waals surface area contributed by atoms with Crippen LogP contribution in [0.5, 0.6) is 0 Å². The molecule has 162 valence electrons. The van der Waals surface area contributed by atoms with Gasteiger partial charge in [0.15, 0.2) is 0 Å². The number of hydrogen-bond donors (Lipinski definition) is 0. The molecule has 0 spiro atoms. The minimum Gasteiger partial charge on any atom is -0.465 e. The molecule has 6 rings (SSSR count). The van der Waals surface area contributed by atoms with E-state index < -0.39 is 0 Å². The Hall–Kier alpha value is -4.43. The van der Waals surface area contributed by atoms with Gasteiger partial charge in [-0.15, -0.1) is 0 Å². The second kappa shape index (κ2) is 8.17. The highest BCUT2D eigenvalue weighted by atomic mass is 16.5. The van der Waals surface area contributed by atoms with Crippen molar-refractivity contribution in [1.82, 2.24) is 0 Å². The Morgan fingerprint density at radius 1 is 0.588 bits per heavy atom. The molecule has 0 atom stereocenters. The van der Waals surface area contributed by atoms with E-state index in [2.05, 4.69) is 60.7 Å². The number of ether oxygens (including phenoxy) is 1. The summed E-state index contributed by atoms with van der Waals surface area (Å²) in [7, 11) is 1.45. The number of fused-ring (bicyclic) bond motifs is 4. The lowest BCUT2D eigenvalue weighted by atomic mass is 9.89. The van der Waals surface area contributed by atoms with Crippen LogP contribution >= 0.6 is 0 Å². The second-order valence-electron chi connectivity index (χ2n) is 8.48. The first-order chi connectivity index (χ1) is 16.7. The molecule has 0 bridgehead atoms. The summed E-state index contributed by atoms with van der Waals surface area (Å²) in [5.74, 6) is -0.349. The van der Waals surface area contributed by atoms with Crippen molar-refractivity contribution in [3.8, 4) is 0 Å². The summed E-state index contributed by atoms with van der Waals surface area (Å²) in [6.07, 6.45) is 2.02. The molecule has 0 N–H and O–H groups in total. The average molecular weight is 439 g/mol. The Bertz CT molecular complexity index is 1650. The summed E-state index contributed by atoms with van der Waals surface area (Å²) < 4.78 is 5.35. The lowest BCUT2D eigenvalue weighted by Gasteiger charge is -2.15. The maximum absolute atomic E-state index is 13.4. The van der Waals surface area contributed by atoms with Gasteiger partial charge in [0.25, 0.3) is 0 Å². The van der Waals surface area contributed by atoms with E-state index in [1.54, 1.807) is 0 Å². The van der Waals surface area contributed by atoms with Crippen molar-refractivity contribution in [2.24, 2.45) is 0 Å². The van der Waals surface area contributed by atoms with Crippen LogP contribution in [0.25, 0.3) is 54.7 Å². The molecule has 0 saturated carbocycles. The molecule has 0 amide bonds. The summed E-state index contributed by atoms with van der Waals surface area (Å²) in [5.41, 5.74) is 2.47. The summed E-state index contributed by atoms with van der Waals surface area (Å²) in [4.78, 5) is 13.4. The SMILES string of the molecule is COC(=O)/C(=C\c1c2ccccc2cc2ccccc12)c1c2ccccc2cc2ccccc12. The van der Waals surface area contributed by atoms with Gasteiger partial charge in [0.1, 0.15) is 0 Å². The van der Waals surface area contributed by atoms with Crippen LogP contribution in [0.2, 0.25) is 0 Å². The predicted molar refractivity (Wildman–Crippen MR) is 143 cm³/mol. The molecule has 34 heavy (non-hydrogen) atoms. The van der Waals surface area contributed by atoms with Crippen molar-refractivity contribution in [2.75, 3.05) is 7.11 Å². The number of methoxy groups -OCH3 is 1. The molecule has 0 aliphatic rings. The van der Waals surface area contributed by atoms with Crippen LogP contribution in [0.15, 0.2) is 109 Å². The number of carbonyl (C=O) groups excluding carboxylic acids is 1. The molecule has 0 fully saturated rings. The molecule has 0 unspecified atom stereocenters. The van der Waals surface area contributed by atoms with Crippen LogP contribution in [0.3, 0.4) is 0 Å². The standard InChI is InChI=1S/C32H22O2/c1-34-32(33)30(31-27-16-8-4-12-23(27)19-24-13-5-9-17-28(24)31)20-29-25-14-6-2-10-21(25)18-22-11-3-7-15-26(22)29/h2-20H,1H3/b30-20-. The van der Waals surface area contributed by atoms with Gasteiger partial charge in [-0.3, -0.25) is 0 Å². The molecular weight excluding hydrogens is 416 g/mol. The first-order valence-electron chi connectivity index (χ1n) is 11.4. The average Bonchev–Trinajstić information content (AvgIpc) is 2.89. The molecule has 2 nitrogen and oxygen atoms in total. The topological polar surface area (TPSA) is 26.3 Å². The van der Waals surface area contributed by atoms with Crippen molar-refractivity contribution in [3.63, 3.8) is 0 Å². The Labute approximate surface area is 197 Å². The molecule has 0 heterocycles. The van der Waals surface area contributed by atoms with Crippen LogP contribution in [0.1, 0.15) is 11.1 Å². The fourth-order valence-electron chi connectivity index (χ4n) is 5.00. The normalized spacial score (nSPS) is 12.0. The summed E-state index contributed by atoms with van der Waals surface area (Å²) in [6.45, 7) is 0. The molecule has 2 heteroatoms. The highest BCUT2D eigenvalue weighted by molar-refractivity contribution is 6.30. The second-order valence-corrected chi connectivity index (χ2v) is 8.48. The third kappa shape index (κ3) is 3.23. The Kier molecular flexibility index (Phi) is 4.85. The molecule has 0 aliphatic heterocycles. The van der Waals surface area contributed by atoms with Gasteiger partial charge in [0.05, 0.1) is 12.7 Å². The van der Waals surface area contributed by atoms with Gasteiger partial charge >= 0.3 is 5.97 Å². The third-order valence-corrected chi connectivity index (χ3v) is 6.55. The van der Waals surface area contributed by atoms with E-state index in [0.29, 0.717) is 5.57 Å². The van der Waals surface area contributed by atoms with Gasteiger partial charge in [-0.2, -0.15) is 0 Å². The van der Waals surface area contributed by atoms with E-state index >= 15 is 0 Å². The lowest BCUT2D eigenvalue weighted by Crippen LogP contribution is -2.05. The van der Waals surface area contributed by atoms with Crippen LogP contribution in [-0.2, 0) is 9.53 Å². The maximum Gasteiger partial charge on any atom is 0.338 e. The minimum absolute atomic E-state index is 0.349. The number of rotatable bonds is 3. The van der Waals surface area contributed by atoms with Crippen LogP contribution < -0.4 is 0 Å². The number of carbonyl (C=O) groups is 1. The maximum atomic E-state index is 13.4.